The van der Waals surface area contributed by atoms with Crippen LogP contribution >= 0.6 is 0 Å². The summed E-state index contributed by atoms with van der Waals surface area (Å²) in [6, 6.07) is -0.830. The molecule has 1 amide bonds. The number of hydrogen-bond donors (Lipinski definition) is 2. The van der Waals surface area contributed by atoms with Crippen LogP contribution in [-0.2, 0) is 9.59 Å². The van der Waals surface area contributed by atoms with Crippen LogP contribution in [0.2, 0.25) is 0 Å². The normalized spacial score (nSPS) is 18.6. The highest BCUT2D eigenvalue weighted by molar-refractivity contribution is 5.84. The van der Waals surface area contributed by atoms with E-state index in [0.717, 1.165) is 19.6 Å². The minimum Gasteiger partial charge on any atom is -0.480 e. The van der Waals surface area contributed by atoms with Crippen LogP contribution in [0, 0.1) is 5.41 Å². The van der Waals surface area contributed by atoms with E-state index in [1.165, 1.54) is 12.8 Å². The molecule has 0 saturated carbocycles. The van der Waals surface area contributed by atoms with Crippen molar-refractivity contribution in [2.45, 2.75) is 46.1 Å². The molecule has 104 valence electrons. The lowest BCUT2D eigenvalue weighted by molar-refractivity contribution is -0.145. The highest BCUT2D eigenvalue weighted by Gasteiger charge is 2.32. The molecule has 1 aliphatic heterocycles. The Bertz CT molecular complexity index is 304. The Labute approximate surface area is 109 Å². The maximum Gasteiger partial charge on any atom is 0.326 e. The molecule has 1 heterocycles. The smallest absolute Gasteiger partial charge is 0.326 e. The van der Waals surface area contributed by atoms with Crippen LogP contribution in [0.5, 0.6) is 0 Å². The molecule has 0 radical (unpaired) electrons. The standard InChI is InChI=1S/C13H24N2O3/c1-13(2,3)11(12(17)18)14-10(16)6-9-15-7-4-5-8-15/h11H,4-9H2,1-3H3,(H,14,16)(H,17,18). The van der Waals surface area contributed by atoms with Crippen LogP contribution in [-0.4, -0.2) is 47.6 Å². The quantitative estimate of drug-likeness (QED) is 0.772. The molecular weight excluding hydrogens is 232 g/mol. The molecule has 0 aromatic heterocycles. The monoisotopic (exact) mass is 256 g/mol. The summed E-state index contributed by atoms with van der Waals surface area (Å²) in [7, 11) is 0. The summed E-state index contributed by atoms with van der Waals surface area (Å²) in [5.41, 5.74) is -0.477. The molecule has 1 rings (SSSR count). The minimum atomic E-state index is -0.975. The van der Waals surface area contributed by atoms with Gasteiger partial charge < -0.3 is 15.3 Å². The van der Waals surface area contributed by atoms with Gasteiger partial charge in [-0.05, 0) is 31.3 Å². The van der Waals surface area contributed by atoms with Crippen molar-refractivity contribution < 1.29 is 14.7 Å². The molecule has 2 N–H and O–H groups in total. The molecule has 0 aliphatic carbocycles. The number of aliphatic carboxylic acids is 1. The Kier molecular flexibility index (Phi) is 5.14. The van der Waals surface area contributed by atoms with E-state index in [9.17, 15) is 9.59 Å². The lowest BCUT2D eigenvalue weighted by Crippen LogP contribution is -2.49. The first-order chi connectivity index (χ1) is 8.30. The van der Waals surface area contributed by atoms with E-state index in [1.807, 2.05) is 20.8 Å². The van der Waals surface area contributed by atoms with Crippen molar-refractivity contribution in [3.63, 3.8) is 0 Å². The Morgan fingerprint density at radius 2 is 1.83 bits per heavy atom. The van der Waals surface area contributed by atoms with Gasteiger partial charge >= 0.3 is 5.97 Å². The number of nitrogens with one attached hydrogen (secondary N) is 1. The van der Waals surface area contributed by atoms with E-state index in [0.29, 0.717) is 6.42 Å². The first kappa shape index (κ1) is 15.0. The molecule has 5 nitrogen and oxygen atoms in total. The van der Waals surface area contributed by atoms with Crippen molar-refractivity contribution >= 4 is 11.9 Å². The summed E-state index contributed by atoms with van der Waals surface area (Å²) in [6.07, 6.45) is 2.77. The van der Waals surface area contributed by atoms with Gasteiger partial charge in [-0.15, -0.1) is 0 Å². The van der Waals surface area contributed by atoms with Gasteiger partial charge in [-0.3, -0.25) is 4.79 Å². The Balaban J connectivity index is 2.39. The number of nitrogens with zero attached hydrogens (tertiary/aromatic N) is 1. The third-order valence-electron chi connectivity index (χ3n) is 3.27. The van der Waals surface area contributed by atoms with Gasteiger partial charge in [-0.1, -0.05) is 20.8 Å². The van der Waals surface area contributed by atoms with Gasteiger partial charge in [-0.25, -0.2) is 4.79 Å². The van der Waals surface area contributed by atoms with E-state index in [4.69, 9.17) is 5.11 Å². The summed E-state index contributed by atoms with van der Waals surface area (Å²) in [5, 5.41) is 11.7. The molecule has 1 saturated heterocycles. The van der Waals surface area contributed by atoms with E-state index >= 15 is 0 Å². The Morgan fingerprint density at radius 1 is 1.28 bits per heavy atom. The van der Waals surface area contributed by atoms with Gasteiger partial charge in [0.1, 0.15) is 6.04 Å². The number of amides is 1. The van der Waals surface area contributed by atoms with Gasteiger partial charge in [0.2, 0.25) is 5.91 Å². The van der Waals surface area contributed by atoms with Crippen molar-refractivity contribution in [3.05, 3.63) is 0 Å². The predicted molar refractivity (Wildman–Crippen MR) is 69.3 cm³/mol. The van der Waals surface area contributed by atoms with E-state index in [1.54, 1.807) is 0 Å². The fourth-order valence-corrected chi connectivity index (χ4v) is 2.15. The van der Waals surface area contributed by atoms with Crippen molar-refractivity contribution in [3.8, 4) is 0 Å². The van der Waals surface area contributed by atoms with Crippen LogP contribution < -0.4 is 5.32 Å². The fourth-order valence-electron chi connectivity index (χ4n) is 2.15. The van der Waals surface area contributed by atoms with E-state index in [2.05, 4.69) is 10.2 Å². The molecule has 0 aromatic carbocycles. The van der Waals surface area contributed by atoms with Gasteiger partial charge in [0, 0.05) is 13.0 Å². The maximum absolute atomic E-state index is 11.8. The van der Waals surface area contributed by atoms with E-state index < -0.39 is 17.4 Å². The highest BCUT2D eigenvalue weighted by Crippen LogP contribution is 2.19. The van der Waals surface area contributed by atoms with Crippen molar-refractivity contribution in [2.75, 3.05) is 19.6 Å². The second-order valence-electron chi connectivity index (χ2n) is 6.00. The molecule has 0 bridgehead atoms. The van der Waals surface area contributed by atoms with Crippen LogP contribution in [0.1, 0.15) is 40.0 Å². The number of carboxylic acid groups (broad SMARTS) is 1. The Hall–Kier alpha value is -1.10. The number of carbonyl (C=O) groups is 2. The molecular formula is C13H24N2O3. The van der Waals surface area contributed by atoms with Gasteiger partial charge in [0.05, 0.1) is 0 Å². The summed E-state index contributed by atoms with van der Waals surface area (Å²) in [5.74, 6) is -1.15. The zero-order valence-corrected chi connectivity index (χ0v) is 11.5. The first-order valence-corrected chi connectivity index (χ1v) is 6.55. The van der Waals surface area contributed by atoms with Crippen LogP contribution in [0.15, 0.2) is 0 Å². The highest BCUT2D eigenvalue weighted by atomic mass is 16.4. The van der Waals surface area contributed by atoms with Gasteiger partial charge in [0.25, 0.3) is 0 Å². The second-order valence-corrected chi connectivity index (χ2v) is 6.00. The van der Waals surface area contributed by atoms with Crippen LogP contribution in [0.3, 0.4) is 0 Å². The fraction of sp³-hybridized carbons (Fsp3) is 0.846. The Morgan fingerprint density at radius 3 is 2.28 bits per heavy atom. The number of rotatable bonds is 5. The molecule has 5 heteroatoms. The lowest BCUT2D eigenvalue weighted by atomic mass is 9.86. The zero-order valence-electron chi connectivity index (χ0n) is 11.5. The third-order valence-corrected chi connectivity index (χ3v) is 3.27. The summed E-state index contributed by atoms with van der Waals surface area (Å²) >= 11 is 0. The molecule has 18 heavy (non-hydrogen) atoms. The second kappa shape index (κ2) is 6.18. The molecule has 1 aliphatic rings. The third kappa shape index (κ3) is 4.64. The van der Waals surface area contributed by atoms with Crippen LogP contribution in [0.4, 0.5) is 0 Å². The van der Waals surface area contributed by atoms with Crippen LogP contribution in [0.25, 0.3) is 0 Å². The average molecular weight is 256 g/mol. The summed E-state index contributed by atoms with van der Waals surface area (Å²) in [4.78, 5) is 25.1. The summed E-state index contributed by atoms with van der Waals surface area (Å²) in [6.45, 7) is 8.26. The SMILES string of the molecule is CC(C)(C)C(NC(=O)CCN1CCCC1)C(=O)O. The zero-order chi connectivity index (χ0) is 13.8. The average Bonchev–Trinajstić information content (AvgIpc) is 2.73. The largest absolute Gasteiger partial charge is 0.480 e. The number of carboxylic acids is 1. The molecule has 1 atom stereocenters. The molecule has 0 spiro atoms. The number of hydrogen-bond acceptors (Lipinski definition) is 3. The van der Waals surface area contributed by atoms with Gasteiger partial charge in [-0.2, -0.15) is 0 Å². The molecule has 0 aromatic rings. The lowest BCUT2D eigenvalue weighted by Gasteiger charge is -2.28. The summed E-state index contributed by atoms with van der Waals surface area (Å²) < 4.78 is 0. The minimum absolute atomic E-state index is 0.177. The van der Waals surface area contributed by atoms with Crippen molar-refractivity contribution in [1.82, 2.24) is 10.2 Å². The topological polar surface area (TPSA) is 69.6 Å². The first-order valence-electron chi connectivity index (χ1n) is 6.55. The predicted octanol–water partition coefficient (Wildman–Crippen LogP) is 1.09. The number of carbonyl (C=O) groups excluding carboxylic acids is 1. The molecule has 1 unspecified atom stereocenters. The maximum atomic E-state index is 11.8. The number of likely N-dealkylation sites (tertiary alicyclic amines) is 1. The molecule has 1 fully saturated rings. The van der Waals surface area contributed by atoms with E-state index in [-0.39, 0.29) is 5.91 Å². The van der Waals surface area contributed by atoms with Crippen molar-refractivity contribution in [1.29, 1.82) is 0 Å². The van der Waals surface area contributed by atoms with Crippen molar-refractivity contribution in [2.24, 2.45) is 5.41 Å². The van der Waals surface area contributed by atoms with Gasteiger partial charge in [0.15, 0.2) is 0 Å².